The highest BCUT2D eigenvalue weighted by atomic mass is 16.8. The van der Waals surface area contributed by atoms with Crippen LogP contribution in [0.1, 0.15) is 86.0 Å². The highest BCUT2D eigenvalue weighted by Crippen LogP contribution is 2.71. The van der Waals surface area contributed by atoms with Crippen molar-refractivity contribution in [1.29, 1.82) is 0 Å². The zero-order valence-electron chi connectivity index (χ0n) is 38.4. The molecule has 4 saturated carbocycles. The molecule has 0 spiro atoms. The van der Waals surface area contributed by atoms with Crippen molar-refractivity contribution in [3.63, 3.8) is 0 Å². The van der Waals surface area contributed by atoms with Gasteiger partial charge in [0.15, 0.2) is 24.7 Å². The average molecular weight is 933 g/mol. The molecule has 0 aromatic heterocycles. The van der Waals surface area contributed by atoms with Crippen LogP contribution in [0.4, 0.5) is 0 Å². The van der Waals surface area contributed by atoms with Gasteiger partial charge in [0, 0.05) is 31.3 Å². The smallest absolute Gasteiger partial charge is 0.187 e. The van der Waals surface area contributed by atoms with Crippen LogP contribution < -0.4 is 0 Å². The fraction of sp³-hybridized carbons (Fsp3) is 0.957. The molecule has 0 aromatic rings. The van der Waals surface area contributed by atoms with Crippen molar-refractivity contribution in [2.24, 2.45) is 46.3 Å². The van der Waals surface area contributed by atoms with Crippen LogP contribution in [0.25, 0.3) is 0 Å². The van der Waals surface area contributed by atoms with Gasteiger partial charge in [-0.25, -0.2) is 0 Å². The summed E-state index contributed by atoms with van der Waals surface area (Å²) in [5, 5.41) is 117. The molecule has 0 bridgehead atoms. The van der Waals surface area contributed by atoms with E-state index in [9.17, 15) is 56.2 Å². The first-order valence-electron chi connectivity index (χ1n) is 23.8. The van der Waals surface area contributed by atoms with Crippen LogP contribution in [0.5, 0.6) is 0 Å². The summed E-state index contributed by atoms with van der Waals surface area (Å²) in [6.45, 7) is 13.4. The maximum Gasteiger partial charge on any atom is 0.187 e. The summed E-state index contributed by atoms with van der Waals surface area (Å²) >= 11 is 0. The Morgan fingerprint density at radius 3 is 2.00 bits per heavy atom. The Morgan fingerprint density at radius 2 is 1.32 bits per heavy atom. The monoisotopic (exact) mass is 932 g/mol. The zero-order valence-corrected chi connectivity index (χ0v) is 38.4. The number of aliphatic hydroxyl groups excluding tert-OH is 11. The molecule has 4 aliphatic carbocycles. The summed E-state index contributed by atoms with van der Waals surface area (Å²) in [6.07, 6.45) is -18.4. The highest BCUT2D eigenvalue weighted by Gasteiger charge is 2.70. The van der Waals surface area contributed by atoms with Gasteiger partial charge in [0.05, 0.1) is 49.8 Å². The van der Waals surface area contributed by atoms with E-state index < -0.39 is 128 Å². The molecular formula is C46H76O19. The van der Waals surface area contributed by atoms with Crippen molar-refractivity contribution in [3.05, 3.63) is 12.2 Å². The van der Waals surface area contributed by atoms with Gasteiger partial charge >= 0.3 is 0 Å². The minimum atomic E-state index is -1.69. The summed E-state index contributed by atoms with van der Waals surface area (Å²) in [5.41, 5.74) is -0.102. The molecule has 0 amide bonds. The summed E-state index contributed by atoms with van der Waals surface area (Å²) in [4.78, 5) is 0. The number of methoxy groups -OCH3 is 1. The number of hydrogen-bond acceptors (Lipinski definition) is 19. The number of rotatable bonds is 12. The molecule has 4 aliphatic heterocycles. The van der Waals surface area contributed by atoms with Crippen LogP contribution >= 0.6 is 0 Å². The van der Waals surface area contributed by atoms with Crippen molar-refractivity contribution in [3.8, 4) is 0 Å². The van der Waals surface area contributed by atoms with Crippen LogP contribution in [0, 0.1) is 46.3 Å². The summed E-state index contributed by atoms with van der Waals surface area (Å²) in [5.74, 6) is -0.490. The molecule has 4 saturated heterocycles. The number of fused-ring (bicyclic) bond motifs is 7. The Kier molecular flexibility index (Phi) is 14.7. The lowest BCUT2D eigenvalue weighted by Crippen LogP contribution is -2.67. The lowest BCUT2D eigenvalue weighted by atomic mass is 9.43. The first-order valence-corrected chi connectivity index (χ1v) is 23.8. The Morgan fingerprint density at radius 1 is 0.677 bits per heavy atom. The maximum atomic E-state index is 11.7. The second-order valence-electron chi connectivity index (χ2n) is 21.3. The molecule has 11 N–H and O–H groups in total. The molecular weight excluding hydrogens is 856 g/mol. The van der Waals surface area contributed by atoms with Gasteiger partial charge in [-0.1, -0.05) is 32.9 Å². The Balaban J connectivity index is 0.966. The minimum absolute atomic E-state index is 0.000973. The number of aliphatic hydroxyl groups is 11. The van der Waals surface area contributed by atoms with E-state index in [1.807, 2.05) is 0 Å². The number of hydrogen-bond donors (Lipinski definition) is 11. The van der Waals surface area contributed by atoms with E-state index in [4.69, 9.17) is 37.9 Å². The molecule has 0 aromatic carbocycles. The summed E-state index contributed by atoms with van der Waals surface area (Å²) in [7, 11) is 1.66. The lowest BCUT2D eigenvalue weighted by Gasteiger charge is -2.64. The summed E-state index contributed by atoms with van der Waals surface area (Å²) < 4.78 is 49.4. The van der Waals surface area contributed by atoms with Crippen molar-refractivity contribution in [1.82, 2.24) is 0 Å². The zero-order chi connectivity index (χ0) is 47.2. The second kappa shape index (κ2) is 19.0. The van der Waals surface area contributed by atoms with Crippen LogP contribution in [0.2, 0.25) is 0 Å². The third-order valence-corrected chi connectivity index (χ3v) is 18.1. The minimum Gasteiger partial charge on any atom is -0.394 e. The number of ether oxygens (including phenoxy) is 8. The van der Waals surface area contributed by atoms with E-state index in [1.54, 1.807) is 14.0 Å². The molecule has 4 heterocycles. The van der Waals surface area contributed by atoms with Crippen molar-refractivity contribution < 1.29 is 94.1 Å². The summed E-state index contributed by atoms with van der Waals surface area (Å²) in [6, 6.07) is 0. The van der Waals surface area contributed by atoms with Crippen LogP contribution in [-0.4, -0.2) is 199 Å². The van der Waals surface area contributed by atoms with E-state index in [0.717, 1.165) is 25.7 Å². The standard InChI is InChI=1S/C46H76O19/c1-18(17-59-41-38(56)36(54)34(52)28(16-47)62-41)10-13-46(58-7)19(2)30-27(65-46)14-25-22-8-9-24-33(51)26(48)15-29(45(24,6)23(22)11-12-44(25,30)5)63-43-40(37(55)32(50)21(4)61-43)64-42-39(57)35(53)31(49)20(3)60-42/h19-43,47-57H,1,8-17H2,2-7H3/t19-,20-,21+,22+,23-,24-,25-,26+,27-,28+,29+,30-,31-,32-,33-,34+,35+,36-,37-,38+,39+,40+,41+,42-,43-,44-,45+,46?/m0/s1. The second-order valence-corrected chi connectivity index (χ2v) is 21.3. The fourth-order valence-electron chi connectivity index (χ4n) is 14.3. The van der Waals surface area contributed by atoms with Gasteiger partial charge in [-0.15, -0.1) is 0 Å². The quantitative estimate of drug-likeness (QED) is 0.102. The topological polar surface area (TPSA) is 296 Å². The van der Waals surface area contributed by atoms with Gasteiger partial charge < -0.3 is 94.1 Å². The van der Waals surface area contributed by atoms with E-state index in [1.165, 1.54) is 6.92 Å². The maximum absolute atomic E-state index is 11.7. The Hall–Kier alpha value is -1.02. The third kappa shape index (κ3) is 8.40. The van der Waals surface area contributed by atoms with Gasteiger partial charge in [-0.3, -0.25) is 0 Å². The predicted octanol–water partition coefficient (Wildman–Crippen LogP) is -1.21. The first kappa shape index (κ1) is 50.4. The Bertz CT molecular complexity index is 1660. The molecule has 65 heavy (non-hydrogen) atoms. The largest absolute Gasteiger partial charge is 0.394 e. The van der Waals surface area contributed by atoms with E-state index in [0.29, 0.717) is 24.8 Å². The molecule has 374 valence electrons. The molecule has 28 atom stereocenters. The van der Waals surface area contributed by atoms with Gasteiger partial charge in [-0.2, -0.15) is 0 Å². The van der Waals surface area contributed by atoms with Crippen molar-refractivity contribution >= 4 is 0 Å². The fourth-order valence-corrected chi connectivity index (χ4v) is 14.3. The van der Waals surface area contributed by atoms with Crippen LogP contribution in [0.3, 0.4) is 0 Å². The normalized spacial score (nSPS) is 56.7. The molecule has 8 rings (SSSR count). The molecule has 1 unspecified atom stereocenters. The molecule has 19 nitrogen and oxygen atoms in total. The predicted molar refractivity (Wildman–Crippen MR) is 224 cm³/mol. The molecule has 19 heteroatoms. The Labute approximate surface area is 380 Å². The van der Waals surface area contributed by atoms with Crippen molar-refractivity contribution in [2.45, 2.75) is 208 Å². The van der Waals surface area contributed by atoms with E-state index in [-0.39, 0.29) is 60.1 Å². The van der Waals surface area contributed by atoms with Gasteiger partial charge in [0.1, 0.15) is 61.0 Å². The van der Waals surface area contributed by atoms with Crippen LogP contribution in [-0.2, 0) is 37.9 Å². The highest BCUT2D eigenvalue weighted by molar-refractivity contribution is 5.18. The molecule has 0 radical (unpaired) electrons. The van der Waals surface area contributed by atoms with Crippen LogP contribution in [0.15, 0.2) is 12.2 Å². The molecule has 8 fully saturated rings. The third-order valence-electron chi connectivity index (χ3n) is 18.1. The molecule has 8 aliphatic rings. The van der Waals surface area contributed by atoms with E-state index >= 15 is 0 Å². The first-order chi connectivity index (χ1) is 30.6. The van der Waals surface area contributed by atoms with Gasteiger partial charge in [0.2, 0.25) is 0 Å². The van der Waals surface area contributed by atoms with Gasteiger partial charge in [-0.05, 0) is 87.4 Å². The van der Waals surface area contributed by atoms with E-state index in [2.05, 4.69) is 27.4 Å². The van der Waals surface area contributed by atoms with Crippen molar-refractivity contribution in [2.75, 3.05) is 20.3 Å². The SMILES string of the molecule is C=C(CCC1(OC)O[C@H]2C[C@H]3[C@@H]4CC[C@H]5[C@H](O)[C@H](O)C[C@@H](O[C@@H]6O[C@H](C)[C@H](O)[C@H](O)[C@H]6O[C@@H]6O[C@@H](C)[C@H](O)[C@@H](O)[C@H]6O)[C@]5(C)[C@H]4CC[C@]3(C)[C@H]2[C@@H]1C)CO[C@@H]1O[C@H](CO)[C@@H](O)[C@H](O)[C@H]1O. The van der Waals surface area contributed by atoms with Gasteiger partial charge in [0.25, 0.3) is 0 Å². The lowest BCUT2D eigenvalue weighted by molar-refractivity contribution is -0.377. The average Bonchev–Trinajstić information content (AvgIpc) is 3.74.